The van der Waals surface area contributed by atoms with E-state index in [0.717, 1.165) is 19.4 Å². The Labute approximate surface area is 117 Å². The van der Waals surface area contributed by atoms with Crippen molar-refractivity contribution in [1.82, 2.24) is 14.3 Å². The average Bonchev–Trinajstić information content (AvgIpc) is 2.84. The summed E-state index contributed by atoms with van der Waals surface area (Å²) in [5.41, 5.74) is 0. The van der Waals surface area contributed by atoms with Gasteiger partial charge >= 0.3 is 0 Å². The highest BCUT2D eigenvalue weighted by molar-refractivity contribution is 7.87. The molecule has 1 fully saturated rings. The van der Waals surface area contributed by atoms with Gasteiger partial charge in [-0.1, -0.05) is 13.8 Å². The second kappa shape index (κ2) is 8.16. The normalized spacial score (nSPS) is 20.6. The molecule has 114 valence electrons. The van der Waals surface area contributed by atoms with Crippen LogP contribution >= 0.6 is 0 Å². The standard InChI is InChI=1S/C12H27N3O3S/c1-11(2)9-14-19(16,17)15(7-8-18-3)10-12-5-4-6-13-12/h11-14H,4-10H2,1-3H3. The summed E-state index contributed by atoms with van der Waals surface area (Å²) in [4.78, 5) is 0. The van der Waals surface area contributed by atoms with Crippen molar-refractivity contribution < 1.29 is 13.2 Å². The lowest BCUT2D eigenvalue weighted by Crippen LogP contribution is -2.48. The van der Waals surface area contributed by atoms with Crippen LogP contribution in [-0.4, -0.2) is 58.7 Å². The van der Waals surface area contributed by atoms with Gasteiger partial charge in [0.2, 0.25) is 0 Å². The zero-order valence-electron chi connectivity index (χ0n) is 12.2. The maximum Gasteiger partial charge on any atom is 0.279 e. The van der Waals surface area contributed by atoms with E-state index in [2.05, 4.69) is 10.0 Å². The molecular formula is C12H27N3O3S. The van der Waals surface area contributed by atoms with Gasteiger partial charge in [-0.15, -0.1) is 0 Å². The maximum atomic E-state index is 12.3. The van der Waals surface area contributed by atoms with E-state index in [1.165, 1.54) is 4.31 Å². The van der Waals surface area contributed by atoms with Crippen molar-refractivity contribution in [2.75, 3.05) is 39.9 Å². The molecule has 6 nitrogen and oxygen atoms in total. The summed E-state index contributed by atoms with van der Waals surface area (Å²) >= 11 is 0. The van der Waals surface area contributed by atoms with E-state index in [1.54, 1.807) is 7.11 Å². The molecular weight excluding hydrogens is 266 g/mol. The van der Waals surface area contributed by atoms with Crippen LogP contribution in [0.2, 0.25) is 0 Å². The number of ether oxygens (including phenoxy) is 1. The predicted octanol–water partition coefficient (Wildman–Crippen LogP) is 0.177. The van der Waals surface area contributed by atoms with E-state index >= 15 is 0 Å². The number of hydrogen-bond acceptors (Lipinski definition) is 4. The van der Waals surface area contributed by atoms with Crippen LogP contribution in [0.4, 0.5) is 0 Å². The maximum absolute atomic E-state index is 12.3. The first-order chi connectivity index (χ1) is 8.95. The van der Waals surface area contributed by atoms with Crippen LogP contribution in [0.5, 0.6) is 0 Å². The summed E-state index contributed by atoms with van der Waals surface area (Å²) in [5, 5.41) is 3.33. The molecule has 0 aliphatic carbocycles. The van der Waals surface area contributed by atoms with E-state index in [4.69, 9.17) is 4.74 Å². The Morgan fingerprint density at radius 3 is 2.74 bits per heavy atom. The fourth-order valence-corrected chi connectivity index (χ4v) is 3.44. The van der Waals surface area contributed by atoms with Crippen LogP contribution < -0.4 is 10.0 Å². The Morgan fingerprint density at radius 2 is 2.21 bits per heavy atom. The van der Waals surface area contributed by atoms with Crippen molar-refractivity contribution in [3.63, 3.8) is 0 Å². The number of rotatable bonds is 9. The molecule has 1 atom stereocenters. The van der Waals surface area contributed by atoms with Crippen LogP contribution in [0.3, 0.4) is 0 Å². The van der Waals surface area contributed by atoms with Crippen molar-refractivity contribution in [2.45, 2.75) is 32.7 Å². The molecule has 0 aromatic heterocycles. The van der Waals surface area contributed by atoms with Crippen molar-refractivity contribution in [1.29, 1.82) is 0 Å². The quantitative estimate of drug-likeness (QED) is 0.636. The first kappa shape index (κ1) is 16.8. The molecule has 0 aromatic carbocycles. The summed E-state index contributed by atoms with van der Waals surface area (Å²) in [6.07, 6.45) is 2.14. The van der Waals surface area contributed by atoms with Crippen LogP contribution in [0.25, 0.3) is 0 Å². The predicted molar refractivity (Wildman–Crippen MR) is 76.2 cm³/mol. The number of nitrogens with zero attached hydrogens (tertiary/aromatic N) is 1. The first-order valence-electron chi connectivity index (χ1n) is 6.92. The lowest BCUT2D eigenvalue weighted by molar-refractivity contribution is 0.175. The third-order valence-corrected chi connectivity index (χ3v) is 4.69. The van der Waals surface area contributed by atoms with Gasteiger partial charge in [0.1, 0.15) is 0 Å². The zero-order chi connectivity index (χ0) is 14.3. The monoisotopic (exact) mass is 293 g/mol. The highest BCUT2D eigenvalue weighted by Gasteiger charge is 2.26. The van der Waals surface area contributed by atoms with Gasteiger partial charge in [0.25, 0.3) is 10.2 Å². The molecule has 0 radical (unpaired) electrons. The molecule has 2 N–H and O–H groups in total. The SMILES string of the molecule is COCCN(CC1CCCN1)S(=O)(=O)NCC(C)C. The Hall–Kier alpha value is -0.210. The van der Waals surface area contributed by atoms with E-state index in [0.29, 0.717) is 32.2 Å². The Morgan fingerprint density at radius 1 is 1.47 bits per heavy atom. The van der Waals surface area contributed by atoms with E-state index < -0.39 is 10.2 Å². The van der Waals surface area contributed by atoms with Crippen LogP contribution in [-0.2, 0) is 14.9 Å². The van der Waals surface area contributed by atoms with Crippen molar-refractivity contribution >= 4 is 10.2 Å². The van der Waals surface area contributed by atoms with Gasteiger partial charge in [0, 0.05) is 32.8 Å². The van der Waals surface area contributed by atoms with Gasteiger partial charge in [-0.05, 0) is 25.3 Å². The third-order valence-electron chi connectivity index (χ3n) is 3.15. The van der Waals surface area contributed by atoms with Crippen LogP contribution in [0.15, 0.2) is 0 Å². The number of nitrogens with one attached hydrogen (secondary N) is 2. The zero-order valence-corrected chi connectivity index (χ0v) is 13.0. The highest BCUT2D eigenvalue weighted by atomic mass is 32.2. The average molecular weight is 293 g/mol. The molecule has 1 saturated heterocycles. The molecule has 0 amide bonds. The minimum atomic E-state index is -3.41. The highest BCUT2D eigenvalue weighted by Crippen LogP contribution is 2.09. The lowest BCUT2D eigenvalue weighted by Gasteiger charge is -2.25. The third kappa shape index (κ3) is 6.18. The summed E-state index contributed by atoms with van der Waals surface area (Å²) in [7, 11) is -1.83. The molecule has 0 saturated carbocycles. The molecule has 0 spiro atoms. The summed E-state index contributed by atoms with van der Waals surface area (Å²) in [5.74, 6) is 0.295. The van der Waals surface area contributed by atoms with Crippen molar-refractivity contribution in [3.8, 4) is 0 Å². The second-order valence-electron chi connectivity index (χ2n) is 5.39. The van der Waals surface area contributed by atoms with E-state index in [-0.39, 0.29) is 6.04 Å². The molecule has 1 aliphatic rings. The lowest BCUT2D eigenvalue weighted by atomic mass is 10.2. The minimum absolute atomic E-state index is 0.257. The fourth-order valence-electron chi connectivity index (χ4n) is 2.02. The topological polar surface area (TPSA) is 70.7 Å². The molecule has 0 aromatic rings. The van der Waals surface area contributed by atoms with Gasteiger partial charge < -0.3 is 10.1 Å². The Kier molecular flexibility index (Phi) is 7.23. The molecule has 0 bridgehead atoms. The van der Waals surface area contributed by atoms with Gasteiger partial charge in [-0.3, -0.25) is 0 Å². The summed E-state index contributed by atoms with van der Waals surface area (Å²) in [6, 6.07) is 0.257. The summed E-state index contributed by atoms with van der Waals surface area (Å²) in [6.45, 7) is 6.72. The van der Waals surface area contributed by atoms with Crippen LogP contribution in [0, 0.1) is 5.92 Å². The molecule has 7 heteroatoms. The Balaban J connectivity index is 2.59. The largest absolute Gasteiger partial charge is 0.383 e. The smallest absolute Gasteiger partial charge is 0.279 e. The van der Waals surface area contributed by atoms with Crippen molar-refractivity contribution in [3.05, 3.63) is 0 Å². The Bertz CT molecular complexity index is 340. The van der Waals surface area contributed by atoms with Gasteiger partial charge in [-0.25, -0.2) is 4.72 Å². The number of methoxy groups -OCH3 is 1. The molecule has 1 heterocycles. The molecule has 19 heavy (non-hydrogen) atoms. The second-order valence-corrected chi connectivity index (χ2v) is 7.15. The van der Waals surface area contributed by atoms with E-state index in [1.807, 2.05) is 13.8 Å². The van der Waals surface area contributed by atoms with Crippen molar-refractivity contribution in [2.24, 2.45) is 5.92 Å². The van der Waals surface area contributed by atoms with Gasteiger partial charge in [-0.2, -0.15) is 12.7 Å². The van der Waals surface area contributed by atoms with E-state index in [9.17, 15) is 8.42 Å². The molecule has 1 unspecified atom stereocenters. The number of hydrogen-bond donors (Lipinski definition) is 2. The first-order valence-corrected chi connectivity index (χ1v) is 8.36. The molecule has 1 aliphatic heterocycles. The summed E-state index contributed by atoms with van der Waals surface area (Å²) < 4.78 is 33.7. The molecule has 1 rings (SSSR count). The van der Waals surface area contributed by atoms with Crippen LogP contribution in [0.1, 0.15) is 26.7 Å². The minimum Gasteiger partial charge on any atom is -0.383 e. The van der Waals surface area contributed by atoms with Gasteiger partial charge in [0.05, 0.1) is 6.61 Å². The fraction of sp³-hybridized carbons (Fsp3) is 1.00. The van der Waals surface area contributed by atoms with Gasteiger partial charge in [0.15, 0.2) is 0 Å².